The van der Waals surface area contributed by atoms with Crippen molar-refractivity contribution in [2.45, 2.75) is 43.1 Å². The van der Waals surface area contributed by atoms with Crippen LogP contribution in [0.1, 0.15) is 25.7 Å². The van der Waals surface area contributed by atoms with Crippen LogP contribution in [0.2, 0.25) is 0 Å². The Morgan fingerprint density at radius 2 is 2.24 bits per heavy atom. The van der Waals surface area contributed by atoms with Gasteiger partial charge in [-0.2, -0.15) is 0 Å². The Balaban J connectivity index is 2.23. The topological polar surface area (TPSA) is 72.6 Å². The van der Waals surface area contributed by atoms with Crippen molar-refractivity contribution in [3.05, 3.63) is 0 Å². The summed E-state index contributed by atoms with van der Waals surface area (Å²) >= 11 is 1.72. The lowest BCUT2D eigenvalue weighted by molar-refractivity contribution is -0.155. The number of piperidine rings is 1. The van der Waals surface area contributed by atoms with E-state index in [0.29, 0.717) is 12.8 Å². The maximum absolute atomic E-state index is 12.2. The molecule has 5 nitrogen and oxygen atoms in total. The summed E-state index contributed by atoms with van der Waals surface area (Å²) in [7, 11) is 1.36. The highest BCUT2D eigenvalue weighted by molar-refractivity contribution is 7.99. The third-order valence-electron chi connectivity index (χ3n) is 3.36. The molecule has 2 aliphatic rings. The molecule has 0 bridgehead atoms. The first kappa shape index (κ1) is 12.7. The zero-order valence-electron chi connectivity index (χ0n) is 9.93. The molecule has 96 valence electrons. The fourth-order valence-electron chi connectivity index (χ4n) is 2.44. The molecule has 0 aromatic carbocycles. The van der Waals surface area contributed by atoms with E-state index in [1.54, 1.807) is 16.7 Å². The van der Waals surface area contributed by atoms with Crippen LogP contribution in [0.5, 0.6) is 0 Å². The van der Waals surface area contributed by atoms with E-state index in [1.165, 1.54) is 7.11 Å². The second-order valence-electron chi connectivity index (χ2n) is 4.44. The number of ether oxygens (including phenoxy) is 1. The summed E-state index contributed by atoms with van der Waals surface area (Å²) in [5.41, 5.74) is 5.83. The summed E-state index contributed by atoms with van der Waals surface area (Å²) in [4.78, 5) is 25.6. The zero-order chi connectivity index (χ0) is 12.4. The predicted molar refractivity (Wildman–Crippen MR) is 65.3 cm³/mol. The number of hydrogen-bond donors (Lipinski definition) is 1. The van der Waals surface area contributed by atoms with Gasteiger partial charge in [0.2, 0.25) is 5.91 Å². The highest BCUT2D eigenvalue weighted by Crippen LogP contribution is 2.34. The molecule has 0 aromatic heterocycles. The van der Waals surface area contributed by atoms with Crippen LogP contribution in [0.15, 0.2) is 0 Å². The number of fused-ring (bicyclic) bond motifs is 1. The monoisotopic (exact) mass is 258 g/mol. The average Bonchev–Trinajstić information content (AvgIpc) is 2.49. The Morgan fingerprint density at radius 1 is 1.47 bits per heavy atom. The van der Waals surface area contributed by atoms with Gasteiger partial charge in [-0.25, -0.2) is 4.79 Å². The summed E-state index contributed by atoms with van der Waals surface area (Å²) in [5, 5.41) is 0.0916. The van der Waals surface area contributed by atoms with Gasteiger partial charge in [-0.1, -0.05) is 0 Å². The van der Waals surface area contributed by atoms with Gasteiger partial charge >= 0.3 is 5.97 Å². The van der Waals surface area contributed by atoms with Gasteiger partial charge in [-0.15, -0.1) is 11.8 Å². The second kappa shape index (κ2) is 5.27. The summed E-state index contributed by atoms with van der Waals surface area (Å²) in [6.45, 7) is 0. The van der Waals surface area contributed by atoms with Crippen LogP contribution in [0.4, 0.5) is 0 Å². The zero-order valence-corrected chi connectivity index (χ0v) is 10.7. The molecule has 1 amide bonds. The van der Waals surface area contributed by atoms with Gasteiger partial charge in [0.25, 0.3) is 0 Å². The van der Waals surface area contributed by atoms with Crippen molar-refractivity contribution in [1.82, 2.24) is 4.90 Å². The van der Waals surface area contributed by atoms with Gasteiger partial charge in [-0.05, 0) is 31.4 Å². The SMILES string of the molecule is COC(=O)C1CCCC2SCC[C@H](N)C(=O)N21. The van der Waals surface area contributed by atoms with E-state index in [1.807, 2.05) is 0 Å². The molecular formula is C11H18N2O3S. The molecule has 6 heteroatoms. The number of nitrogens with zero attached hydrogens (tertiary/aromatic N) is 1. The molecule has 0 saturated carbocycles. The van der Waals surface area contributed by atoms with E-state index in [0.717, 1.165) is 18.6 Å². The van der Waals surface area contributed by atoms with Crippen LogP contribution >= 0.6 is 11.8 Å². The number of thioether (sulfide) groups is 1. The molecule has 0 spiro atoms. The van der Waals surface area contributed by atoms with Gasteiger partial charge in [-0.3, -0.25) is 4.79 Å². The third-order valence-corrected chi connectivity index (χ3v) is 4.68. The quantitative estimate of drug-likeness (QED) is 0.686. The van der Waals surface area contributed by atoms with Gasteiger partial charge < -0.3 is 15.4 Å². The molecule has 2 aliphatic heterocycles. The van der Waals surface area contributed by atoms with Crippen LogP contribution in [0, 0.1) is 0 Å². The Kier molecular flexibility index (Phi) is 3.93. The van der Waals surface area contributed by atoms with Crippen LogP contribution < -0.4 is 5.73 Å². The molecule has 2 fully saturated rings. The maximum Gasteiger partial charge on any atom is 0.328 e. The number of rotatable bonds is 1. The van der Waals surface area contributed by atoms with Crippen molar-refractivity contribution < 1.29 is 14.3 Å². The number of esters is 1. The number of carbonyl (C=O) groups excluding carboxylic acids is 2. The van der Waals surface area contributed by atoms with Crippen molar-refractivity contribution in [2.75, 3.05) is 12.9 Å². The van der Waals surface area contributed by atoms with Gasteiger partial charge in [0.05, 0.1) is 18.5 Å². The first-order valence-corrected chi connectivity index (χ1v) is 6.97. The van der Waals surface area contributed by atoms with Crippen molar-refractivity contribution in [3.8, 4) is 0 Å². The van der Waals surface area contributed by atoms with Crippen molar-refractivity contribution in [3.63, 3.8) is 0 Å². The Bertz CT molecular complexity index is 324. The summed E-state index contributed by atoms with van der Waals surface area (Å²) in [6.07, 6.45) is 3.26. The van der Waals surface area contributed by atoms with E-state index < -0.39 is 12.1 Å². The molecule has 2 heterocycles. The molecule has 2 unspecified atom stereocenters. The van der Waals surface area contributed by atoms with E-state index in [9.17, 15) is 9.59 Å². The minimum atomic E-state index is -0.474. The molecule has 2 rings (SSSR count). The van der Waals surface area contributed by atoms with Crippen molar-refractivity contribution in [2.24, 2.45) is 5.73 Å². The summed E-state index contributed by atoms with van der Waals surface area (Å²) in [5.74, 6) is 0.454. The number of carbonyl (C=O) groups is 2. The Labute approximate surface area is 105 Å². The molecule has 17 heavy (non-hydrogen) atoms. The van der Waals surface area contributed by atoms with Crippen molar-refractivity contribution in [1.29, 1.82) is 0 Å². The number of methoxy groups -OCH3 is 1. The van der Waals surface area contributed by atoms with Crippen LogP contribution in [-0.2, 0) is 14.3 Å². The molecule has 0 aromatic rings. The number of nitrogens with two attached hydrogens (primary N) is 1. The minimum Gasteiger partial charge on any atom is -0.467 e. The van der Waals surface area contributed by atoms with E-state index in [4.69, 9.17) is 10.5 Å². The van der Waals surface area contributed by atoms with Crippen LogP contribution in [-0.4, -0.2) is 47.1 Å². The smallest absolute Gasteiger partial charge is 0.328 e. The lowest BCUT2D eigenvalue weighted by Gasteiger charge is -2.39. The average molecular weight is 258 g/mol. The lowest BCUT2D eigenvalue weighted by Crippen LogP contribution is -2.55. The second-order valence-corrected chi connectivity index (χ2v) is 5.72. The highest BCUT2D eigenvalue weighted by Gasteiger charge is 2.42. The number of hydrogen-bond acceptors (Lipinski definition) is 5. The molecule has 3 atom stereocenters. The predicted octanol–water partition coefficient (Wildman–Crippen LogP) is 0.331. The number of amides is 1. The fraction of sp³-hybridized carbons (Fsp3) is 0.818. The fourth-order valence-corrected chi connectivity index (χ4v) is 3.84. The van der Waals surface area contributed by atoms with E-state index in [2.05, 4.69) is 0 Å². The lowest BCUT2D eigenvalue weighted by atomic mass is 10.0. The van der Waals surface area contributed by atoms with Crippen LogP contribution in [0.3, 0.4) is 0 Å². The highest BCUT2D eigenvalue weighted by atomic mass is 32.2. The normalized spacial score (nSPS) is 33.9. The first-order valence-electron chi connectivity index (χ1n) is 5.92. The van der Waals surface area contributed by atoms with Crippen molar-refractivity contribution >= 4 is 23.6 Å². The Morgan fingerprint density at radius 3 is 2.94 bits per heavy atom. The molecule has 0 radical (unpaired) electrons. The maximum atomic E-state index is 12.2. The van der Waals surface area contributed by atoms with Crippen LogP contribution in [0.25, 0.3) is 0 Å². The third kappa shape index (κ3) is 2.42. The van der Waals surface area contributed by atoms with E-state index in [-0.39, 0.29) is 17.3 Å². The summed E-state index contributed by atoms with van der Waals surface area (Å²) in [6, 6.07) is -0.916. The van der Waals surface area contributed by atoms with Gasteiger partial charge in [0.1, 0.15) is 6.04 Å². The standard InChI is InChI=1S/C11H18N2O3S/c1-16-11(15)8-3-2-4-9-13(8)10(14)7(12)5-6-17-9/h7-9H,2-6,12H2,1H3/t7-,8?,9?/m0/s1. The van der Waals surface area contributed by atoms with Gasteiger partial charge in [0.15, 0.2) is 0 Å². The largest absolute Gasteiger partial charge is 0.467 e. The minimum absolute atomic E-state index is 0.0916. The Hall–Kier alpha value is -0.750. The molecular weight excluding hydrogens is 240 g/mol. The first-order chi connectivity index (χ1) is 8.15. The van der Waals surface area contributed by atoms with Gasteiger partial charge in [0, 0.05) is 0 Å². The van der Waals surface area contributed by atoms with E-state index >= 15 is 0 Å². The molecule has 0 aliphatic carbocycles. The summed E-state index contributed by atoms with van der Waals surface area (Å²) < 4.78 is 4.78. The molecule has 2 N–H and O–H groups in total. The molecule has 2 saturated heterocycles.